The highest BCUT2D eigenvalue weighted by Gasteiger charge is 2.16. The lowest BCUT2D eigenvalue weighted by molar-refractivity contribution is 0.516. The van der Waals surface area contributed by atoms with E-state index in [9.17, 15) is 0 Å². The van der Waals surface area contributed by atoms with Crippen molar-refractivity contribution in [3.63, 3.8) is 0 Å². The lowest BCUT2D eigenvalue weighted by Crippen LogP contribution is -2.42. The minimum Gasteiger partial charge on any atom is -0.355 e. The Morgan fingerprint density at radius 1 is 1.69 bits per heavy atom. The number of likely N-dealkylation sites (N-methyl/N-ethyl adjacent to an activating group) is 1. The Labute approximate surface area is 79.4 Å². The third-order valence-corrected chi connectivity index (χ3v) is 2.73. The zero-order chi connectivity index (χ0) is 9.10. The van der Waals surface area contributed by atoms with E-state index in [0.29, 0.717) is 6.04 Å². The number of hydrogen-bond acceptors (Lipinski definition) is 4. The van der Waals surface area contributed by atoms with Gasteiger partial charge in [-0.3, -0.25) is 4.99 Å². The topological polar surface area (TPSA) is 39.7 Å². The highest BCUT2D eigenvalue weighted by molar-refractivity contribution is 5.81. The minimum atomic E-state index is 0.650. The van der Waals surface area contributed by atoms with Crippen molar-refractivity contribution in [2.24, 2.45) is 4.99 Å². The summed E-state index contributed by atoms with van der Waals surface area (Å²) in [7, 11) is 2.08. The number of guanidine groups is 1. The van der Waals surface area contributed by atoms with Crippen LogP contribution in [0.25, 0.3) is 0 Å². The molecule has 13 heavy (non-hydrogen) atoms. The molecule has 2 N–H and O–H groups in total. The fourth-order valence-electron chi connectivity index (χ4n) is 1.87. The molecule has 2 aliphatic rings. The summed E-state index contributed by atoms with van der Waals surface area (Å²) in [6.45, 7) is 4.19. The Morgan fingerprint density at radius 3 is 3.23 bits per heavy atom. The maximum atomic E-state index is 4.38. The number of hydrogen-bond donors (Lipinski definition) is 2. The summed E-state index contributed by atoms with van der Waals surface area (Å²) < 4.78 is 0. The molecule has 2 aliphatic heterocycles. The largest absolute Gasteiger partial charge is 0.355 e. The average molecular weight is 182 g/mol. The van der Waals surface area contributed by atoms with Gasteiger partial charge in [0.05, 0.1) is 6.54 Å². The van der Waals surface area contributed by atoms with E-state index < -0.39 is 0 Å². The van der Waals surface area contributed by atoms with E-state index in [1.54, 1.807) is 0 Å². The molecule has 2 rings (SSSR count). The van der Waals surface area contributed by atoms with Crippen molar-refractivity contribution in [1.29, 1.82) is 0 Å². The zero-order valence-electron chi connectivity index (χ0n) is 8.21. The highest BCUT2D eigenvalue weighted by Crippen LogP contribution is 2.03. The third-order valence-electron chi connectivity index (χ3n) is 2.73. The summed E-state index contributed by atoms with van der Waals surface area (Å²) in [5.41, 5.74) is 0. The first-order chi connectivity index (χ1) is 6.36. The van der Waals surface area contributed by atoms with Crippen LogP contribution in [0.1, 0.15) is 12.8 Å². The van der Waals surface area contributed by atoms with E-state index >= 15 is 0 Å². The molecule has 0 aromatic carbocycles. The first-order valence-corrected chi connectivity index (χ1v) is 5.09. The first kappa shape index (κ1) is 8.81. The molecule has 2 heterocycles. The molecular weight excluding hydrogens is 164 g/mol. The molecule has 74 valence electrons. The predicted molar refractivity (Wildman–Crippen MR) is 54.0 cm³/mol. The van der Waals surface area contributed by atoms with Crippen LogP contribution in [-0.4, -0.2) is 50.1 Å². The van der Waals surface area contributed by atoms with E-state index in [1.165, 1.54) is 19.4 Å². The molecule has 1 atom stereocenters. The number of nitrogens with one attached hydrogen (secondary N) is 2. The van der Waals surface area contributed by atoms with Crippen LogP contribution in [0.4, 0.5) is 0 Å². The molecule has 1 saturated heterocycles. The van der Waals surface area contributed by atoms with Gasteiger partial charge in [0.2, 0.25) is 0 Å². The Morgan fingerprint density at radius 2 is 2.62 bits per heavy atom. The van der Waals surface area contributed by atoms with Crippen molar-refractivity contribution in [3.05, 3.63) is 0 Å². The standard InChI is InChI=1S/C9H18N4/c1-13-6-5-11-9(13)12-7-8-3-2-4-10-8/h8,10H,2-7H2,1H3,(H,11,12)/t8-/m0/s1. The normalized spacial score (nSPS) is 27.9. The second-order valence-electron chi connectivity index (χ2n) is 3.80. The quantitative estimate of drug-likeness (QED) is 0.612. The summed E-state index contributed by atoms with van der Waals surface area (Å²) in [6.07, 6.45) is 2.61. The van der Waals surface area contributed by atoms with Gasteiger partial charge in [-0.1, -0.05) is 0 Å². The molecular formula is C9H18N4. The molecule has 0 aromatic heterocycles. The van der Waals surface area contributed by atoms with E-state index in [0.717, 1.165) is 25.6 Å². The molecule has 1 fully saturated rings. The van der Waals surface area contributed by atoms with Crippen LogP contribution in [-0.2, 0) is 0 Å². The maximum absolute atomic E-state index is 4.38. The van der Waals surface area contributed by atoms with E-state index in [1.807, 2.05) is 0 Å². The Bertz CT molecular complexity index is 196. The van der Waals surface area contributed by atoms with Gasteiger partial charge in [0.25, 0.3) is 0 Å². The lowest BCUT2D eigenvalue weighted by Gasteiger charge is -2.17. The molecule has 0 bridgehead atoms. The van der Waals surface area contributed by atoms with Crippen LogP contribution in [0.3, 0.4) is 0 Å². The molecule has 0 radical (unpaired) electrons. The summed E-state index contributed by atoms with van der Waals surface area (Å²) >= 11 is 0. The van der Waals surface area contributed by atoms with Gasteiger partial charge in [-0.15, -0.1) is 0 Å². The molecule has 4 heteroatoms. The third kappa shape index (κ3) is 2.12. The fraction of sp³-hybridized carbons (Fsp3) is 0.889. The molecule has 0 amide bonds. The van der Waals surface area contributed by atoms with Crippen molar-refractivity contribution < 1.29 is 0 Å². The van der Waals surface area contributed by atoms with Crippen LogP contribution >= 0.6 is 0 Å². The van der Waals surface area contributed by atoms with Crippen molar-refractivity contribution in [2.45, 2.75) is 18.9 Å². The van der Waals surface area contributed by atoms with E-state index in [4.69, 9.17) is 0 Å². The molecule has 0 aliphatic carbocycles. The van der Waals surface area contributed by atoms with Crippen LogP contribution in [0.15, 0.2) is 4.99 Å². The summed E-state index contributed by atoms with van der Waals surface area (Å²) in [5, 5.41) is 6.85. The fourth-order valence-corrected chi connectivity index (χ4v) is 1.87. The van der Waals surface area contributed by atoms with Crippen molar-refractivity contribution in [3.8, 4) is 0 Å². The van der Waals surface area contributed by atoms with Crippen LogP contribution in [0.2, 0.25) is 0 Å². The monoisotopic (exact) mass is 182 g/mol. The zero-order valence-corrected chi connectivity index (χ0v) is 8.21. The summed E-state index contributed by atoms with van der Waals surface area (Å²) in [4.78, 5) is 6.56. The second-order valence-corrected chi connectivity index (χ2v) is 3.80. The predicted octanol–water partition coefficient (Wildman–Crippen LogP) is -0.371. The van der Waals surface area contributed by atoms with E-state index in [2.05, 4.69) is 27.6 Å². The lowest BCUT2D eigenvalue weighted by atomic mass is 10.2. The Kier molecular flexibility index (Phi) is 2.68. The van der Waals surface area contributed by atoms with Crippen molar-refractivity contribution in [1.82, 2.24) is 15.5 Å². The number of nitrogens with zero attached hydrogens (tertiary/aromatic N) is 2. The van der Waals surface area contributed by atoms with Crippen molar-refractivity contribution in [2.75, 3.05) is 33.2 Å². The first-order valence-electron chi connectivity index (χ1n) is 5.09. The summed E-state index contributed by atoms with van der Waals surface area (Å²) in [5.74, 6) is 1.06. The molecule has 4 nitrogen and oxygen atoms in total. The SMILES string of the molecule is CN1CCN=C1NC[C@@H]1CCCN1. The number of aliphatic imine (C=N–C) groups is 1. The van der Waals surface area contributed by atoms with Gasteiger partial charge in [0.15, 0.2) is 5.96 Å². The smallest absolute Gasteiger partial charge is 0.193 e. The second kappa shape index (κ2) is 3.96. The van der Waals surface area contributed by atoms with Gasteiger partial charge in [-0.2, -0.15) is 0 Å². The van der Waals surface area contributed by atoms with Crippen LogP contribution in [0, 0.1) is 0 Å². The maximum Gasteiger partial charge on any atom is 0.193 e. The number of rotatable bonds is 2. The van der Waals surface area contributed by atoms with Gasteiger partial charge in [-0.25, -0.2) is 0 Å². The van der Waals surface area contributed by atoms with Crippen LogP contribution < -0.4 is 10.6 Å². The Balaban J connectivity index is 1.72. The van der Waals surface area contributed by atoms with E-state index in [-0.39, 0.29) is 0 Å². The Hall–Kier alpha value is -0.770. The molecule has 0 saturated carbocycles. The van der Waals surface area contributed by atoms with Crippen LogP contribution in [0.5, 0.6) is 0 Å². The van der Waals surface area contributed by atoms with Gasteiger partial charge < -0.3 is 15.5 Å². The van der Waals surface area contributed by atoms with Gasteiger partial charge in [0, 0.05) is 26.2 Å². The van der Waals surface area contributed by atoms with Crippen molar-refractivity contribution >= 4 is 5.96 Å². The summed E-state index contributed by atoms with van der Waals surface area (Å²) in [6, 6.07) is 0.650. The highest BCUT2D eigenvalue weighted by atomic mass is 15.3. The van der Waals surface area contributed by atoms with Gasteiger partial charge in [-0.05, 0) is 19.4 Å². The molecule has 0 unspecified atom stereocenters. The average Bonchev–Trinajstić information content (AvgIpc) is 2.72. The van der Waals surface area contributed by atoms with Gasteiger partial charge in [0.1, 0.15) is 0 Å². The minimum absolute atomic E-state index is 0.650. The molecule has 0 spiro atoms. The van der Waals surface area contributed by atoms with Gasteiger partial charge >= 0.3 is 0 Å². The molecule has 0 aromatic rings.